The number of nitrogen functional groups attached to an aromatic ring is 1. The molecule has 21 heavy (non-hydrogen) atoms. The van der Waals surface area contributed by atoms with Gasteiger partial charge < -0.3 is 10.6 Å². The smallest absolute Gasteiger partial charge is 0.254 e. The fourth-order valence-corrected chi connectivity index (χ4v) is 2.43. The Bertz CT molecular complexity index is 628. The van der Waals surface area contributed by atoms with E-state index in [2.05, 4.69) is 6.92 Å². The van der Waals surface area contributed by atoms with Crippen molar-refractivity contribution in [2.75, 3.05) is 12.3 Å². The first kappa shape index (κ1) is 15.4. The van der Waals surface area contributed by atoms with Gasteiger partial charge in [0.1, 0.15) is 0 Å². The zero-order valence-electron chi connectivity index (χ0n) is 12.1. The maximum Gasteiger partial charge on any atom is 0.254 e. The Morgan fingerprint density at radius 2 is 1.95 bits per heavy atom. The van der Waals surface area contributed by atoms with Crippen molar-refractivity contribution >= 4 is 23.2 Å². The van der Waals surface area contributed by atoms with Gasteiger partial charge in [0.05, 0.1) is 0 Å². The van der Waals surface area contributed by atoms with Crippen LogP contribution in [0.4, 0.5) is 5.69 Å². The van der Waals surface area contributed by atoms with Crippen LogP contribution in [0.25, 0.3) is 0 Å². The maximum atomic E-state index is 12.6. The summed E-state index contributed by atoms with van der Waals surface area (Å²) < 4.78 is 0. The van der Waals surface area contributed by atoms with Crippen LogP contribution in [0.2, 0.25) is 5.02 Å². The Morgan fingerprint density at radius 1 is 1.19 bits per heavy atom. The second-order valence-electron chi connectivity index (χ2n) is 4.98. The highest BCUT2D eigenvalue weighted by molar-refractivity contribution is 6.30. The lowest BCUT2D eigenvalue weighted by Crippen LogP contribution is -2.31. The lowest BCUT2D eigenvalue weighted by atomic mass is 10.1. The molecule has 2 aromatic rings. The third-order valence-corrected chi connectivity index (χ3v) is 3.41. The normalized spacial score (nSPS) is 10.4. The van der Waals surface area contributed by atoms with Gasteiger partial charge in [0.15, 0.2) is 0 Å². The number of carbonyl (C=O) groups excluding carboxylic acids is 1. The van der Waals surface area contributed by atoms with Gasteiger partial charge in [0, 0.05) is 29.4 Å². The van der Waals surface area contributed by atoms with Gasteiger partial charge in [-0.2, -0.15) is 0 Å². The lowest BCUT2D eigenvalue weighted by molar-refractivity contribution is 0.0743. The van der Waals surface area contributed by atoms with Crippen LogP contribution in [0.3, 0.4) is 0 Å². The molecule has 110 valence electrons. The highest BCUT2D eigenvalue weighted by atomic mass is 35.5. The summed E-state index contributed by atoms with van der Waals surface area (Å²) in [6, 6.07) is 14.7. The molecule has 2 N–H and O–H groups in total. The van der Waals surface area contributed by atoms with Crippen LogP contribution >= 0.6 is 11.6 Å². The Labute approximate surface area is 130 Å². The molecule has 3 nitrogen and oxygen atoms in total. The molecule has 0 saturated heterocycles. The molecule has 0 spiro atoms. The van der Waals surface area contributed by atoms with Crippen LogP contribution in [-0.4, -0.2) is 17.4 Å². The molecule has 0 unspecified atom stereocenters. The summed E-state index contributed by atoms with van der Waals surface area (Å²) in [5, 5.41) is 0.571. The molecule has 2 aromatic carbocycles. The number of carbonyl (C=O) groups is 1. The molecule has 4 heteroatoms. The van der Waals surface area contributed by atoms with Gasteiger partial charge in [-0.05, 0) is 42.3 Å². The maximum absolute atomic E-state index is 12.6. The van der Waals surface area contributed by atoms with Crippen molar-refractivity contribution in [1.29, 1.82) is 0 Å². The standard InChI is InChI=1S/C17H19ClN2O/c1-2-9-20(12-13-5-3-8-16(19)10-13)17(21)14-6-4-7-15(18)11-14/h3-8,10-11H,2,9,12,19H2,1H3. The fourth-order valence-electron chi connectivity index (χ4n) is 2.24. The fraction of sp³-hybridized carbons (Fsp3) is 0.235. The van der Waals surface area contributed by atoms with Crippen LogP contribution in [0.5, 0.6) is 0 Å². The monoisotopic (exact) mass is 302 g/mol. The van der Waals surface area contributed by atoms with E-state index in [4.69, 9.17) is 17.3 Å². The van der Waals surface area contributed by atoms with E-state index >= 15 is 0 Å². The number of halogens is 1. The molecule has 0 aliphatic heterocycles. The zero-order valence-corrected chi connectivity index (χ0v) is 12.8. The molecule has 0 aliphatic rings. The Balaban J connectivity index is 2.20. The van der Waals surface area contributed by atoms with Crippen molar-refractivity contribution in [3.8, 4) is 0 Å². The first-order chi connectivity index (χ1) is 10.1. The minimum atomic E-state index is -0.0122. The van der Waals surface area contributed by atoms with Gasteiger partial charge in [-0.15, -0.1) is 0 Å². The highest BCUT2D eigenvalue weighted by Gasteiger charge is 2.15. The Hall–Kier alpha value is -2.00. The summed E-state index contributed by atoms with van der Waals surface area (Å²) >= 11 is 5.96. The number of hydrogen-bond donors (Lipinski definition) is 1. The average molecular weight is 303 g/mol. The first-order valence-corrected chi connectivity index (χ1v) is 7.37. The zero-order chi connectivity index (χ0) is 15.2. The number of nitrogens with zero attached hydrogens (tertiary/aromatic N) is 1. The van der Waals surface area contributed by atoms with E-state index in [0.717, 1.165) is 12.0 Å². The van der Waals surface area contributed by atoms with E-state index in [9.17, 15) is 4.79 Å². The summed E-state index contributed by atoms with van der Waals surface area (Å²) in [5.74, 6) is -0.0122. The minimum Gasteiger partial charge on any atom is -0.399 e. The predicted octanol–water partition coefficient (Wildman–Crippen LogP) is 3.97. The van der Waals surface area contributed by atoms with Gasteiger partial charge in [-0.1, -0.05) is 36.7 Å². The first-order valence-electron chi connectivity index (χ1n) is 6.99. The molecular weight excluding hydrogens is 284 g/mol. The van der Waals surface area contributed by atoms with Crippen LogP contribution in [0, 0.1) is 0 Å². The van der Waals surface area contributed by atoms with Gasteiger partial charge >= 0.3 is 0 Å². The number of amides is 1. The van der Waals surface area contributed by atoms with Crippen LogP contribution in [0.1, 0.15) is 29.3 Å². The molecule has 2 rings (SSSR count). The summed E-state index contributed by atoms with van der Waals surface area (Å²) in [6.45, 7) is 3.29. The van der Waals surface area contributed by atoms with E-state index in [1.807, 2.05) is 29.2 Å². The number of benzene rings is 2. The van der Waals surface area contributed by atoms with Crippen molar-refractivity contribution in [3.63, 3.8) is 0 Å². The quantitative estimate of drug-likeness (QED) is 0.849. The molecule has 0 atom stereocenters. The van der Waals surface area contributed by atoms with E-state index in [1.165, 1.54) is 0 Å². The van der Waals surface area contributed by atoms with E-state index < -0.39 is 0 Å². The largest absolute Gasteiger partial charge is 0.399 e. The third kappa shape index (κ3) is 4.23. The van der Waals surface area contributed by atoms with E-state index in [1.54, 1.807) is 24.3 Å². The number of hydrogen-bond acceptors (Lipinski definition) is 2. The van der Waals surface area contributed by atoms with Crippen molar-refractivity contribution in [2.24, 2.45) is 0 Å². The topological polar surface area (TPSA) is 46.3 Å². The van der Waals surface area contributed by atoms with Crippen LogP contribution < -0.4 is 5.73 Å². The second-order valence-corrected chi connectivity index (χ2v) is 5.42. The molecule has 0 radical (unpaired) electrons. The Kier molecular flexibility index (Phi) is 5.23. The van der Waals surface area contributed by atoms with Gasteiger partial charge in [-0.3, -0.25) is 4.79 Å². The van der Waals surface area contributed by atoms with Crippen molar-refractivity contribution in [3.05, 3.63) is 64.7 Å². The molecule has 0 heterocycles. The number of nitrogens with two attached hydrogens (primary N) is 1. The molecule has 0 aliphatic carbocycles. The summed E-state index contributed by atoms with van der Waals surface area (Å²) in [4.78, 5) is 14.4. The second kappa shape index (κ2) is 7.14. The molecule has 0 fully saturated rings. The summed E-state index contributed by atoms with van der Waals surface area (Å²) in [7, 11) is 0. The SMILES string of the molecule is CCCN(Cc1cccc(N)c1)C(=O)c1cccc(Cl)c1. The van der Waals surface area contributed by atoms with Crippen LogP contribution in [0.15, 0.2) is 48.5 Å². The predicted molar refractivity (Wildman–Crippen MR) is 87.3 cm³/mol. The van der Waals surface area contributed by atoms with Crippen molar-refractivity contribution in [1.82, 2.24) is 4.90 Å². The van der Waals surface area contributed by atoms with Gasteiger partial charge in [-0.25, -0.2) is 0 Å². The number of anilines is 1. The van der Waals surface area contributed by atoms with E-state index in [0.29, 0.717) is 29.4 Å². The molecule has 1 amide bonds. The molecular formula is C17H19ClN2O. The van der Waals surface area contributed by atoms with Crippen molar-refractivity contribution in [2.45, 2.75) is 19.9 Å². The van der Waals surface area contributed by atoms with Crippen molar-refractivity contribution < 1.29 is 4.79 Å². The summed E-state index contributed by atoms with van der Waals surface area (Å²) in [6.07, 6.45) is 0.897. The highest BCUT2D eigenvalue weighted by Crippen LogP contribution is 2.16. The Morgan fingerprint density at radius 3 is 2.62 bits per heavy atom. The molecule has 0 saturated carbocycles. The van der Waals surface area contributed by atoms with E-state index in [-0.39, 0.29) is 5.91 Å². The average Bonchev–Trinajstić information content (AvgIpc) is 2.46. The lowest BCUT2D eigenvalue weighted by Gasteiger charge is -2.22. The van der Waals surface area contributed by atoms with Crippen LogP contribution in [-0.2, 0) is 6.54 Å². The van der Waals surface area contributed by atoms with Gasteiger partial charge in [0.2, 0.25) is 0 Å². The minimum absolute atomic E-state index is 0.0122. The molecule has 0 bridgehead atoms. The third-order valence-electron chi connectivity index (χ3n) is 3.18. The molecule has 0 aromatic heterocycles. The summed E-state index contributed by atoms with van der Waals surface area (Å²) in [5.41, 5.74) is 8.14. The number of rotatable bonds is 5. The van der Waals surface area contributed by atoms with Gasteiger partial charge in [0.25, 0.3) is 5.91 Å².